The molecule has 5 nitrogen and oxygen atoms in total. The highest BCUT2D eigenvalue weighted by molar-refractivity contribution is 7.16. The van der Waals surface area contributed by atoms with Crippen molar-refractivity contribution in [3.63, 3.8) is 0 Å². The van der Waals surface area contributed by atoms with Gasteiger partial charge in [0.2, 0.25) is 0 Å². The maximum Gasteiger partial charge on any atom is 0.337 e. The van der Waals surface area contributed by atoms with Crippen molar-refractivity contribution in [2.45, 2.75) is 39.2 Å². The lowest BCUT2D eigenvalue weighted by molar-refractivity contribution is -0.140. The van der Waals surface area contributed by atoms with E-state index in [2.05, 4.69) is 10.3 Å². The fourth-order valence-corrected chi connectivity index (χ4v) is 5.41. The summed E-state index contributed by atoms with van der Waals surface area (Å²) in [6.07, 6.45) is 3.71. The number of nitrogens with zero attached hydrogens (tertiary/aromatic N) is 1. The number of dihydropyridines is 1. The van der Waals surface area contributed by atoms with Crippen molar-refractivity contribution in [1.82, 2.24) is 10.3 Å². The third-order valence-electron chi connectivity index (χ3n) is 6.15. The molecule has 1 atom stereocenters. The SMILES string of the molecule is CC(=O)C1=C(C)NC(C2CC2)=C(C(=O)OCc2ccc(F)cc2)C1c1csc2ncccc12. The minimum atomic E-state index is -0.530. The van der Waals surface area contributed by atoms with E-state index in [1.807, 2.05) is 24.4 Å². The molecule has 0 amide bonds. The quantitative estimate of drug-likeness (QED) is 0.497. The molecule has 0 spiro atoms. The molecule has 1 saturated carbocycles. The molecular weight excluding hydrogens is 439 g/mol. The van der Waals surface area contributed by atoms with Crippen molar-refractivity contribution in [3.8, 4) is 0 Å². The standard InChI is InChI=1S/C26H23FN2O3S/c1-14-21(15(2)30)22(20-13-33-25-19(20)4-3-11-28-25)23(24(29-14)17-7-8-17)26(31)32-12-16-5-9-18(27)10-6-16/h3-6,9-11,13,17,22,29H,7-8,12H2,1-2H3. The van der Waals surface area contributed by atoms with E-state index in [0.29, 0.717) is 16.7 Å². The smallest absolute Gasteiger partial charge is 0.337 e. The first kappa shape index (κ1) is 21.5. The lowest BCUT2D eigenvalue weighted by atomic mass is 9.78. The number of carbonyl (C=O) groups excluding carboxylic acids is 2. The third-order valence-corrected chi connectivity index (χ3v) is 7.07. The third kappa shape index (κ3) is 4.09. The Hall–Kier alpha value is -3.32. The van der Waals surface area contributed by atoms with Crippen molar-refractivity contribution in [2.75, 3.05) is 0 Å². The number of allylic oxidation sites excluding steroid dienone is 3. The van der Waals surface area contributed by atoms with Crippen LogP contribution in [0.3, 0.4) is 0 Å². The Bertz CT molecular complexity index is 1320. The van der Waals surface area contributed by atoms with Gasteiger partial charge in [-0.15, -0.1) is 11.3 Å². The molecule has 33 heavy (non-hydrogen) atoms. The number of thiophene rings is 1. The van der Waals surface area contributed by atoms with Gasteiger partial charge in [-0.25, -0.2) is 14.2 Å². The first-order chi connectivity index (χ1) is 15.9. The topological polar surface area (TPSA) is 68.3 Å². The number of benzene rings is 1. The number of pyridine rings is 1. The maximum atomic E-state index is 13.6. The average molecular weight is 463 g/mol. The molecule has 0 bridgehead atoms. The van der Waals surface area contributed by atoms with Crippen molar-refractivity contribution >= 4 is 33.3 Å². The molecule has 7 heteroatoms. The molecule has 1 N–H and O–H groups in total. The highest BCUT2D eigenvalue weighted by Crippen LogP contribution is 2.48. The Kier molecular flexibility index (Phi) is 5.58. The summed E-state index contributed by atoms with van der Waals surface area (Å²) in [5.74, 6) is -1.18. The zero-order valence-electron chi connectivity index (χ0n) is 18.4. The van der Waals surface area contributed by atoms with Gasteiger partial charge in [-0.3, -0.25) is 4.79 Å². The zero-order valence-corrected chi connectivity index (χ0v) is 19.2. The molecule has 1 fully saturated rings. The summed E-state index contributed by atoms with van der Waals surface area (Å²) >= 11 is 1.50. The van der Waals surface area contributed by atoms with Gasteiger partial charge in [-0.1, -0.05) is 18.2 Å². The molecule has 5 rings (SSSR count). The number of Topliss-reactive ketones (excluding diaryl/α,β-unsaturated/α-hetero) is 1. The molecule has 0 saturated heterocycles. The number of hydrogen-bond acceptors (Lipinski definition) is 6. The molecule has 1 unspecified atom stereocenters. The number of rotatable bonds is 6. The normalized spacial score (nSPS) is 18.5. The Morgan fingerprint density at radius 3 is 2.64 bits per heavy atom. The van der Waals surface area contributed by atoms with Crippen LogP contribution in [0.4, 0.5) is 4.39 Å². The van der Waals surface area contributed by atoms with Gasteiger partial charge < -0.3 is 10.1 Å². The number of ether oxygens (including phenoxy) is 1. The first-order valence-corrected chi connectivity index (χ1v) is 11.8. The number of hydrogen-bond donors (Lipinski definition) is 1. The minimum Gasteiger partial charge on any atom is -0.457 e. The summed E-state index contributed by atoms with van der Waals surface area (Å²) in [6, 6.07) is 9.71. The lowest BCUT2D eigenvalue weighted by Crippen LogP contribution is -2.32. The van der Waals surface area contributed by atoms with Crippen LogP contribution in [0.15, 0.2) is 70.5 Å². The molecule has 2 aliphatic rings. The van der Waals surface area contributed by atoms with Gasteiger partial charge in [0.25, 0.3) is 0 Å². The molecular formula is C26H23FN2O3S. The summed E-state index contributed by atoms with van der Waals surface area (Å²) in [7, 11) is 0. The summed E-state index contributed by atoms with van der Waals surface area (Å²) in [5, 5.41) is 6.28. The van der Waals surface area contributed by atoms with Gasteiger partial charge in [0.15, 0.2) is 5.78 Å². The van der Waals surface area contributed by atoms with Crippen molar-refractivity contribution < 1.29 is 18.7 Å². The summed E-state index contributed by atoms with van der Waals surface area (Å²) in [5.41, 5.74) is 4.25. The largest absolute Gasteiger partial charge is 0.457 e. The van der Waals surface area contributed by atoms with Crippen LogP contribution in [0, 0.1) is 11.7 Å². The van der Waals surface area contributed by atoms with Crippen LogP contribution in [0.1, 0.15) is 43.7 Å². The van der Waals surface area contributed by atoms with Crippen LogP contribution in [-0.4, -0.2) is 16.7 Å². The van der Waals surface area contributed by atoms with E-state index in [1.165, 1.54) is 30.4 Å². The van der Waals surface area contributed by atoms with E-state index >= 15 is 0 Å². The second-order valence-corrected chi connectivity index (χ2v) is 9.36. The van der Waals surface area contributed by atoms with E-state index in [1.54, 1.807) is 18.3 Å². The first-order valence-electron chi connectivity index (χ1n) is 10.9. The van der Waals surface area contributed by atoms with Crippen LogP contribution >= 0.6 is 11.3 Å². The Morgan fingerprint density at radius 2 is 1.94 bits per heavy atom. The van der Waals surface area contributed by atoms with Crippen molar-refractivity contribution in [3.05, 3.63) is 87.5 Å². The summed E-state index contributed by atoms with van der Waals surface area (Å²) < 4.78 is 19.0. The summed E-state index contributed by atoms with van der Waals surface area (Å²) in [6.45, 7) is 3.45. The number of esters is 1. The van der Waals surface area contributed by atoms with E-state index in [-0.39, 0.29) is 24.1 Å². The molecule has 3 heterocycles. The van der Waals surface area contributed by atoms with Crippen LogP contribution < -0.4 is 5.32 Å². The molecule has 1 aliphatic carbocycles. The molecule has 1 aromatic carbocycles. The van der Waals surface area contributed by atoms with Gasteiger partial charge >= 0.3 is 5.97 Å². The van der Waals surface area contributed by atoms with Crippen LogP contribution in [0.25, 0.3) is 10.2 Å². The fourth-order valence-electron chi connectivity index (χ4n) is 4.47. The van der Waals surface area contributed by atoms with E-state index in [0.717, 1.165) is 40.0 Å². The van der Waals surface area contributed by atoms with Crippen molar-refractivity contribution in [2.24, 2.45) is 5.92 Å². The van der Waals surface area contributed by atoms with Gasteiger partial charge in [-0.2, -0.15) is 0 Å². The van der Waals surface area contributed by atoms with E-state index in [4.69, 9.17) is 4.74 Å². The van der Waals surface area contributed by atoms with E-state index < -0.39 is 11.9 Å². The second kappa shape index (κ2) is 8.56. The second-order valence-electron chi connectivity index (χ2n) is 8.50. The molecule has 0 radical (unpaired) electrons. The summed E-state index contributed by atoms with van der Waals surface area (Å²) in [4.78, 5) is 31.7. The van der Waals surface area contributed by atoms with Gasteiger partial charge in [0, 0.05) is 34.5 Å². The van der Waals surface area contributed by atoms with Crippen LogP contribution in [0.2, 0.25) is 0 Å². The van der Waals surface area contributed by atoms with Gasteiger partial charge in [-0.05, 0) is 67.3 Å². The van der Waals surface area contributed by atoms with Crippen LogP contribution in [-0.2, 0) is 20.9 Å². The predicted molar refractivity (Wildman–Crippen MR) is 125 cm³/mol. The van der Waals surface area contributed by atoms with Gasteiger partial charge in [0.05, 0.1) is 5.57 Å². The maximum absolute atomic E-state index is 13.6. The lowest BCUT2D eigenvalue weighted by Gasteiger charge is -2.31. The van der Waals surface area contributed by atoms with Crippen molar-refractivity contribution in [1.29, 1.82) is 0 Å². The van der Waals surface area contributed by atoms with Gasteiger partial charge in [0.1, 0.15) is 17.3 Å². The zero-order chi connectivity index (χ0) is 23.1. The average Bonchev–Trinajstić information content (AvgIpc) is 3.56. The Labute approximate surface area is 195 Å². The number of halogens is 1. The Morgan fingerprint density at radius 1 is 1.18 bits per heavy atom. The Balaban J connectivity index is 1.59. The molecule has 168 valence electrons. The highest BCUT2D eigenvalue weighted by atomic mass is 32.1. The van der Waals surface area contributed by atoms with Crippen LogP contribution in [0.5, 0.6) is 0 Å². The monoisotopic (exact) mass is 462 g/mol. The highest BCUT2D eigenvalue weighted by Gasteiger charge is 2.42. The van der Waals surface area contributed by atoms with E-state index in [9.17, 15) is 14.0 Å². The minimum absolute atomic E-state index is 0.0251. The molecule has 3 aromatic rings. The fraction of sp³-hybridized carbons (Fsp3) is 0.269. The number of nitrogens with one attached hydrogen (secondary N) is 1. The molecule has 2 aromatic heterocycles. The predicted octanol–water partition coefficient (Wildman–Crippen LogP) is 5.39. The molecule has 1 aliphatic heterocycles. The number of aromatic nitrogens is 1. The number of fused-ring (bicyclic) bond motifs is 1. The number of carbonyl (C=O) groups is 2. The number of ketones is 1.